The fourth-order valence-corrected chi connectivity index (χ4v) is 3.76. The zero-order valence-corrected chi connectivity index (χ0v) is 15.6. The van der Waals surface area contributed by atoms with Crippen molar-refractivity contribution in [2.45, 2.75) is 12.5 Å². The molecule has 3 heterocycles. The molecule has 0 bridgehead atoms. The molecule has 1 aliphatic rings. The van der Waals surface area contributed by atoms with Crippen molar-refractivity contribution >= 4 is 28.9 Å². The van der Waals surface area contributed by atoms with Crippen LogP contribution in [0.2, 0.25) is 0 Å². The van der Waals surface area contributed by atoms with Crippen molar-refractivity contribution in [1.82, 2.24) is 5.01 Å². The number of hydrogen-bond donors (Lipinski definition) is 1. The Morgan fingerprint density at radius 3 is 2.79 bits per heavy atom. The van der Waals surface area contributed by atoms with Crippen LogP contribution < -0.4 is 10.5 Å². The Hall–Kier alpha value is -3.39. The first-order chi connectivity index (χ1) is 13.6. The molecular weight excluding hydrogens is 378 g/mol. The van der Waals surface area contributed by atoms with Crippen molar-refractivity contribution in [1.29, 1.82) is 0 Å². The SMILES string of the molecule is NC(=O)c1ccccc1OCC(=O)N1N=C(c2cccs2)C[C@H]1c1ccco1. The van der Waals surface area contributed by atoms with Gasteiger partial charge in [-0.3, -0.25) is 9.59 Å². The maximum atomic E-state index is 12.9. The number of amides is 2. The molecule has 0 radical (unpaired) electrons. The summed E-state index contributed by atoms with van der Waals surface area (Å²) in [5.74, 6) is -0.0383. The number of nitrogens with two attached hydrogens (primary N) is 1. The van der Waals surface area contributed by atoms with Crippen LogP contribution in [0.15, 0.2) is 69.7 Å². The lowest BCUT2D eigenvalue weighted by molar-refractivity contribution is -0.135. The van der Waals surface area contributed by atoms with Crippen molar-refractivity contribution in [3.8, 4) is 5.75 Å². The third-order valence-corrected chi connectivity index (χ3v) is 5.27. The van der Waals surface area contributed by atoms with Crippen LogP contribution in [0.3, 0.4) is 0 Å². The van der Waals surface area contributed by atoms with E-state index in [1.165, 1.54) is 5.01 Å². The Balaban J connectivity index is 1.55. The molecule has 142 valence electrons. The summed E-state index contributed by atoms with van der Waals surface area (Å²) in [6, 6.07) is 13.7. The van der Waals surface area contributed by atoms with Gasteiger partial charge in [0.1, 0.15) is 17.6 Å². The number of furan rings is 1. The second-order valence-corrected chi connectivity index (χ2v) is 7.09. The molecule has 1 atom stereocenters. The first kappa shape index (κ1) is 18.0. The minimum absolute atomic E-state index is 0.224. The molecule has 1 aromatic carbocycles. The van der Waals surface area contributed by atoms with Gasteiger partial charge >= 0.3 is 0 Å². The van der Waals surface area contributed by atoms with E-state index in [1.807, 2.05) is 23.6 Å². The van der Waals surface area contributed by atoms with Crippen LogP contribution in [0.25, 0.3) is 0 Å². The lowest BCUT2D eigenvalue weighted by Crippen LogP contribution is -2.31. The van der Waals surface area contributed by atoms with Gasteiger partial charge in [-0.25, -0.2) is 5.01 Å². The molecule has 0 saturated carbocycles. The number of thiophene rings is 1. The summed E-state index contributed by atoms with van der Waals surface area (Å²) < 4.78 is 11.1. The smallest absolute Gasteiger partial charge is 0.281 e. The molecule has 4 rings (SSSR count). The number of carbonyl (C=O) groups is 2. The number of nitrogens with zero attached hydrogens (tertiary/aromatic N) is 2. The highest BCUT2D eigenvalue weighted by Gasteiger charge is 2.35. The van der Waals surface area contributed by atoms with Crippen molar-refractivity contribution in [3.05, 3.63) is 76.4 Å². The first-order valence-corrected chi connectivity index (χ1v) is 9.50. The summed E-state index contributed by atoms with van der Waals surface area (Å²) in [5, 5.41) is 7.87. The Labute approximate surface area is 165 Å². The van der Waals surface area contributed by atoms with E-state index in [1.54, 1.807) is 47.9 Å². The predicted molar refractivity (Wildman–Crippen MR) is 104 cm³/mol. The molecule has 1 aliphatic heterocycles. The topological polar surface area (TPSA) is 98.1 Å². The van der Waals surface area contributed by atoms with E-state index >= 15 is 0 Å². The monoisotopic (exact) mass is 395 g/mol. The number of hydrogen-bond acceptors (Lipinski definition) is 6. The van der Waals surface area contributed by atoms with Gasteiger partial charge < -0.3 is 14.9 Å². The summed E-state index contributed by atoms with van der Waals surface area (Å²) in [6.07, 6.45) is 2.12. The highest BCUT2D eigenvalue weighted by molar-refractivity contribution is 7.12. The number of carbonyl (C=O) groups excluding carboxylic acids is 2. The van der Waals surface area contributed by atoms with Gasteiger partial charge in [-0.1, -0.05) is 18.2 Å². The van der Waals surface area contributed by atoms with Crippen LogP contribution in [0.1, 0.15) is 33.5 Å². The first-order valence-electron chi connectivity index (χ1n) is 8.62. The molecule has 28 heavy (non-hydrogen) atoms. The third-order valence-electron chi connectivity index (χ3n) is 4.35. The molecule has 2 aromatic heterocycles. The number of para-hydroxylation sites is 1. The summed E-state index contributed by atoms with van der Waals surface area (Å²) in [4.78, 5) is 25.4. The normalized spacial score (nSPS) is 16.1. The summed E-state index contributed by atoms with van der Waals surface area (Å²) in [6.45, 7) is -0.275. The molecule has 0 unspecified atom stereocenters. The zero-order chi connectivity index (χ0) is 19.5. The van der Waals surface area contributed by atoms with Crippen LogP contribution in [0.4, 0.5) is 0 Å². The van der Waals surface area contributed by atoms with E-state index in [2.05, 4.69) is 5.10 Å². The molecular formula is C20H17N3O4S. The number of benzene rings is 1. The Morgan fingerprint density at radius 1 is 1.21 bits per heavy atom. The fraction of sp³-hybridized carbons (Fsp3) is 0.150. The predicted octanol–water partition coefficient (Wildman–Crippen LogP) is 3.20. The van der Waals surface area contributed by atoms with Crippen LogP contribution in [0, 0.1) is 0 Å². The van der Waals surface area contributed by atoms with Crippen LogP contribution in [-0.4, -0.2) is 29.1 Å². The van der Waals surface area contributed by atoms with Crippen molar-refractivity contribution < 1.29 is 18.7 Å². The average Bonchev–Trinajstić information content (AvgIpc) is 3.46. The standard InChI is InChI=1S/C20H17N3O4S/c21-20(25)13-5-1-2-6-16(13)27-12-19(24)23-15(17-7-3-9-26-17)11-14(22-23)18-8-4-10-28-18/h1-10,15H,11-12H2,(H2,21,25)/t15-/m0/s1. The second-order valence-electron chi connectivity index (χ2n) is 6.15. The van der Waals surface area contributed by atoms with E-state index in [-0.39, 0.29) is 29.9 Å². The number of ether oxygens (including phenoxy) is 1. The van der Waals surface area contributed by atoms with Crippen molar-refractivity contribution in [3.63, 3.8) is 0 Å². The minimum atomic E-state index is -0.615. The Bertz CT molecular complexity index is 1010. The average molecular weight is 395 g/mol. The van der Waals surface area contributed by atoms with Gasteiger partial charge in [-0.2, -0.15) is 5.10 Å². The zero-order valence-electron chi connectivity index (χ0n) is 14.8. The minimum Gasteiger partial charge on any atom is -0.483 e. The van der Waals surface area contributed by atoms with Gasteiger partial charge in [0.05, 0.1) is 22.4 Å². The maximum absolute atomic E-state index is 12.9. The van der Waals surface area contributed by atoms with Gasteiger partial charge in [-0.15, -0.1) is 11.3 Å². The Morgan fingerprint density at radius 2 is 2.07 bits per heavy atom. The highest BCUT2D eigenvalue weighted by atomic mass is 32.1. The van der Waals surface area contributed by atoms with E-state index in [9.17, 15) is 9.59 Å². The van der Waals surface area contributed by atoms with E-state index in [0.29, 0.717) is 12.2 Å². The lowest BCUT2D eigenvalue weighted by atomic mass is 10.1. The maximum Gasteiger partial charge on any atom is 0.281 e. The van der Waals surface area contributed by atoms with E-state index in [0.717, 1.165) is 10.6 Å². The van der Waals surface area contributed by atoms with E-state index in [4.69, 9.17) is 14.9 Å². The van der Waals surface area contributed by atoms with Crippen LogP contribution >= 0.6 is 11.3 Å². The second kappa shape index (κ2) is 7.69. The molecule has 0 spiro atoms. The van der Waals surface area contributed by atoms with Gasteiger partial charge in [-0.05, 0) is 35.7 Å². The van der Waals surface area contributed by atoms with Crippen LogP contribution in [-0.2, 0) is 4.79 Å². The fourth-order valence-electron chi connectivity index (χ4n) is 3.04. The van der Waals surface area contributed by atoms with Crippen molar-refractivity contribution in [2.24, 2.45) is 10.8 Å². The molecule has 0 aliphatic carbocycles. The molecule has 7 nitrogen and oxygen atoms in total. The summed E-state index contributed by atoms with van der Waals surface area (Å²) >= 11 is 1.57. The summed E-state index contributed by atoms with van der Waals surface area (Å²) in [5.41, 5.74) is 6.40. The van der Waals surface area contributed by atoms with Gasteiger partial charge in [0.25, 0.3) is 11.8 Å². The molecule has 2 N–H and O–H groups in total. The molecule has 2 amide bonds. The van der Waals surface area contributed by atoms with Crippen molar-refractivity contribution in [2.75, 3.05) is 6.61 Å². The highest BCUT2D eigenvalue weighted by Crippen LogP contribution is 2.34. The quantitative estimate of drug-likeness (QED) is 0.693. The van der Waals surface area contributed by atoms with Gasteiger partial charge in [0.15, 0.2) is 6.61 Å². The largest absolute Gasteiger partial charge is 0.483 e. The Kier molecular flexibility index (Phi) is 4.94. The van der Waals surface area contributed by atoms with E-state index < -0.39 is 5.91 Å². The third kappa shape index (κ3) is 3.54. The molecule has 8 heteroatoms. The van der Waals surface area contributed by atoms with Crippen LogP contribution in [0.5, 0.6) is 5.75 Å². The van der Waals surface area contributed by atoms with Gasteiger partial charge in [0, 0.05) is 6.42 Å². The molecule has 3 aromatic rings. The number of primary amides is 1. The lowest BCUT2D eigenvalue weighted by Gasteiger charge is -2.20. The van der Waals surface area contributed by atoms with Gasteiger partial charge in [0.2, 0.25) is 0 Å². The molecule has 0 fully saturated rings. The summed E-state index contributed by atoms with van der Waals surface area (Å²) in [7, 11) is 0. The number of hydrazone groups is 1. The molecule has 0 saturated heterocycles. The number of rotatable bonds is 6.